The number of benzene rings is 1. The molecule has 0 bridgehead atoms. The van der Waals surface area contributed by atoms with Crippen molar-refractivity contribution in [1.29, 1.82) is 0 Å². The fraction of sp³-hybridized carbons (Fsp3) is 0.619. The van der Waals surface area contributed by atoms with Crippen LogP contribution in [0.1, 0.15) is 58.4 Å². The Morgan fingerprint density at radius 3 is 1.67 bits per heavy atom. The topological polar surface area (TPSA) is 104 Å². The third kappa shape index (κ3) is 8.20. The number of carbonyl (C=O) groups is 2. The van der Waals surface area contributed by atoms with Gasteiger partial charge in [-0.3, -0.25) is 9.59 Å². The maximum Gasteiger partial charge on any atom is 0.140 e. The maximum atomic E-state index is 11.5. The molecule has 1 aromatic rings. The number of ketones is 2. The highest BCUT2D eigenvalue weighted by molar-refractivity contribution is 6.02. The monoisotopic (exact) mass is 380 g/mol. The van der Waals surface area contributed by atoms with Gasteiger partial charge in [-0.25, -0.2) is 0 Å². The molecule has 3 N–H and O–H groups in total. The van der Waals surface area contributed by atoms with Crippen LogP contribution in [0.2, 0.25) is 0 Å². The van der Waals surface area contributed by atoms with Gasteiger partial charge in [-0.05, 0) is 44.4 Å². The lowest BCUT2D eigenvalue weighted by molar-refractivity contribution is -0.130. The Bertz CT molecular complexity index is 586. The Kier molecular flexibility index (Phi) is 8.59. The average Bonchev–Trinajstić information content (AvgIpc) is 2.60. The summed E-state index contributed by atoms with van der Waals surface area (Å²) in [6.07, 6.45) is 1.07. The van der Waals surface area contributed by atoms with Crippen LogP contribution in [0.4, 0.5) is 0 Å². The van der Waals surface area contributed by atoms with E-state index < -0.39 is 5.41 Å². The highest BCUT2D eigenvalue weighted by Crippen LogP contribution is 2.30. The van der Waals surface area contributed by atoms with Gasteiger partial charge in [0.1, 0.15) is 22.9 Å². The molecule has 0 saturated heterocycles. The lowest BCUT2D eigenvalue weighted by atomic mass is 9.83. The highest BCUT2D eigenvalue weighted by atomic mass is 16.5. The van der Waals surface area contributed by atoms with E-state index >= 15 is 0 Å². The first-order valence-corrected chi connectivity index (χ1v) is 9.17. The molecule has 6 nitrogen and oxygen atoms in total. The lowest BCUT2D eigenvalue weighted by Crippen LogP contribution is -2.29. The fourth-order valence-corrected chi connectivity index (χ4v) is 2.53. The van der Waals surface area contributed by atoms with Gasteiger partial charge in [0, 0.05) is 18.3 Å². The van der Waals surface area contributed by atoms with Gasteiger partial charge >= 0.3 is 0 Å². The number of rotatable bonds is 5. The quantitative estimate of drug-likeness (QED) is 0.677. The molecule has 0 amide bonds. The lowest BCUT2D eigenvalue weighted by Gasteiger charge is -2.23. The SMILES string of the molecule is CC(C)(C)Oc1ccc(C2CC(=O)CC(=O)C2)cc1.CC(CO)(CO)CO. The third-order valence-electron chi connectivity index (χ3n) is 4.26. The van der Waals surface area contributed by atoms with E-state index in [0.717, 1.165) is 11.3 Å². The number of Topliss-reactive ketones (excluding diaryl/α,β-unsaturated/α-hetero) is 2. The molecule has 0 aliphatic heterocycles. The smallest absolute Gasteiger partial charge is 0.140 e. The molecule has 0 spiro atoms. The van der Waals surface area contributed by atoms with Crippen molar-refractivity contribution >= 4 is 11.6 Å². The Balaban J connectivity index is 0.000000387. The van der Waals surface area contributed by atoms with E-state index in [4.69, 9.17) is 20.1 Å². The molecule has 152 valence electrons. The van der Waals surface area contributed by atoms with Crippen LogP contribution in [0, 0.1) is 5.41 Å². The summed E-state index contributed by atoms with van der Waals surface area (Å²) in [7, 11) is 0. The maximum absolute atomic E-state index is 11.5. The van der Waals surface area contributed by atoms with Crippen molar-refractivity contribution in [3.05, 3.63) is 29.8 Å². The van der Waals surface area contributed by atoms with E-state index in [1.165, 1.54) is 0 Å². The van der Waals surface area contributed by atoms with Crippen LogP contribution in [0.5, 0.6) is 5.75 Å². The second kappa shape index (κ2) is 9.97. The van der Waals surface area contributed by atoms with Crippen molar-refractivity contribution < 1.29 is 29.6 Å². The van der Waals surface area contributed by atoms with Crippen molar-refractivity contribution in [2.24, 2.45) is 5.41 Å². The first-order chi connectivity index (χ1) is 12.5. The number of hydrogen-bond donors (Lipinski definition) is 3. The summed E-state index contributed by atoms with van der Waals surface area (Å²) in [6.45, 7) is 7.06. The van der Waals surface area contributed by atoms with Crippen molar-refractivity contribution in [1.82, 2.24) is 0 Å². The van der Waals surface area contributed by atoms with Gasteiger partial charge in [0.15, 0.2) is 0 Å². The van der Waals surface area contributed by atoms with Crippen LogP contribution in [-0.4, -0.2) is 52.3 Å². The van der Waals surface area contributed by atoms with Gasteiger partial charge < -0.3 is 20.1 Å². The average molecular weight is 380 g/mol. The van der Waals surface area contributed by atoms with Crippen molar-refractivity contribution in [2.45, 2.75) is 58.5 Å². The molecule has 1 aliphatic rings. The molecule has 1 aromatic carbocycles. The Morgan fingerprint density at radius 2 is 1.33 bits per heavy atom. The molecule has 27 heavy (non-hydrogen) atoms. The zero-order valence-electron chi connectivity index (χ0n) is 16.7. The van der Waals surface area contributed by atoms with E-state index in [1.54, 1.807) is 6.92 Å². The second-order valence-corrected chi connectivity index (χ2v) is 8.43. The van der Waals surface area contributed by atoms with Gasteiger partial charge in [0.2, 0.25) is 0 Å². The minimum absolute atomic E-state index is 0.0393. The van der Waals surface area contributed by atoms with E-state index in [2.05, 4.69) is 0 Å². The summed E-state index contributed by atoms with van der Waals surface area (Å²) in [5.74, 6) is 0.953. The minimum Gasteiger partial charge on any atom is -0.488 e. The largest absolute Gasteiger partial charge is 0.488 e. The molecule has 6 heteroatoms. The fourth-order valence-electron chi connectivity index (χ4n) is 2.53. The summed E-state index contributed by atoms with van der Waals surface area (Å²) in [6, 6.07) is 7.73. The Hall–Kier alpha value is -1.76. The molecule has 1 fully saturated rings. The van der Waals surface area contributed by atoms with E-state index in [9.17, 15) is 9.59 Å². The molecule has 0 heterocycles. The molecule has 2 rings (SSSR count). The van der Waals surface area contributed by atoms with E-state index in [-0.39, 0.29) is 49.3 Å². The molecule has 0 atom stereocenters. The predicted octanol–water partition coefficient (Wildman–Crippen LogP) is 2.24. The molecule has 0 radical (unpaired) electrons. The normalized spacial score (nSPS) is 16.0. The van der Waals surface area contributed by atoms with E-state index in [1.807, 2.05) is 45.0 Å². The molecular weight excluding hydrogens is 348 g/mol. The third-order valence-corrected chi connectivity index (χ3v) is 4.26. The summed E-state index contributed by atoms with van der Waals surface area (Å²) in [4.78, 5) is 22.9. The molecule has 1 saturated carbocycles. The number of hydrogen-bond acceptors (Lipinski definition) is 6. The van der Waals surface area contributed by atoms with Gasteiger partial charge in [-0.2, -0.15) is 0 Å². The van der Waals surface area contributed by atoms with Crippen molar-refractivity contribution in [3.8, 4) is 5.75 Å². The molecule has 0 aromatic heterocycles. The predicted molar refractivity (Wildman–Crippen MR) is 103 cm³/mol. The summed E-state index contributed by atoms with van der Waals surface area (Å²) >= 11 is 0. The second-order valence-electron chi connectivity index (χ2n) is 8.43. The number of carbonyl (C=O) groups excluding carboxylic acids is 2. The first-order valence-electron chi connectivity index (χ1n) is 9.17. The molecule has 1 aliphatic carbocycles. The number of aliphatic hydroxyl groups excluding tert-OH is 3. The Labute approximate surface area is 161 Å². The van der Waals surface area contributed by atoms with Crippen LogP contribution < -0.4 is 4.74 Å². The molecular formula is C21H32O6. The zero-order valence-corrected chi connectivity index (χ0v) is 16.7. The van der Waals surface area contributed by atoms with Crippen LogP contribution in [0.25, 0.3) is 0 Å². The van der Waals surface area contributed by atoms with Crippen LogP contribution >= 0.6 is 0 Å². The van der Waals surface area contributed by atoms with Gasteiger partial charge in [-0.1, -0.05) is 19.1 Å². The summed E-state index contributed by atoms with van der Waals surface area (Å²) in [5, 5.41) is 25.4. The number of ether oxygens (including phenoxy) is 1. The summed E-state index contributed by atoms with van der Waals surface area (Å²) < 4.78 is 5.75. The van der Waals surface area contributed by atoms with E-state index in [0.29, 0.717) is 12.8 Å². The van der Waals surface area contributed by atoms with Crippen LogP contribution in [0.3, 0.4) is 0 Å². The minimum atomic E-state index is -0.708. The Morgan fingerprint density at radius 1 is 0.889 bits per heavy atom. The number of aliphatic hydroxyl groups is 3. The molecule has 0 unspecified atom stereocenters. The van der Waals surface area contributed by atoms with Crippen LogP contribution in [-0.2, 0) is 9.59 Å². The first kappa shape index (κ1) is 23.3. The van der Waals surface area contributed by atoms with Crippen LogP contribution in [0.15, 0.2) is 24.3 Å². The van der Waals surface area contributed by atoms with Crippen molar-refractivity contribution in [3.63, 3.8) is 0 Å². The van der Waals surface area contributed by atoms with Gasteiger partial charge in [-0.15, -0.1) is 0 Å². The van der Waals surface area contributed by atoms with Gasteiger partial charge in [0.05, 0.1) is 26.2 Å². The summed E-state index contributed by atoms with van der Waals surface area (Å²) in [5.41, 5.74) is 0.112. The van der Waals surface area contributed by atoms with Gasteiger partial charge in [0.25, 0.3) is 0 Å². The standard InChI is InChI=1S/C16H20O3.C5H12O3/c1-16(2,3)19-15-6-4-11(5-7-15)12-8-13(17)10-14(18)9-12;1-5(2-6,3-7)4-8/h4-7,12H,8-10H2,1-3H3;6-8H,2-4H2,1H3. The van der Waals surface area contributed by atoms with Crippen molar-refractivity contribution in [2.75, 3.05) is 19.8 Å². The zero-order chi connectivity index (χ0) is 20.7. The highest BCUT2D eigenvalue weighted by Gasteiger charge is 2.26.